The molecule has 2 aromatic heterocycles. The highest BCUT2D eigenvalue weighted by Gasteiger charge is 2.30. The molecule has 1 aliphatic rings. The van der Waals surface area contributed by atoms with Gasteiger partial charge in [0.15, 0.2) is 0 Å². The van der Waals surface area contributed by atoms with Crippen LogP contribution in [0.25, 0.3) is 0 Å². The monoisotopic (exact) mass is 479 g/mol. The number of hydrogen-bond acceptors (Lipinski definition) is 5. The van der Waals surface area contributed by atoms with Crippen LogP contribution in [0, 0.1) is 0 Å². The number of aryl methyl sites for hydroxylation is 1. The highest BCUT2D eigenvalue weighted by Crippen LogP contribution is 2.27. The molecule has 0 bridgehead atoms. The predicted molar refractivity (Wildman–Crippen MR) is 120 cm³/mol. The van der Waals surface area contributed by atoms with Crippen molar-refractivity contribution in [1.82, 2.24) is 14.8 Å². The lowest BCUT2D eigenvalue weighted by Gasteiger charge is -2.17. The molecule has 8 nitrogen and oxygen atoms in total. The van der Waals surface area contributed by atoms with Crippen molar-refractivity contribution in [2.45, 2.75) is 12.8 Å². The van der Waals surface area contributed by atoms with Crippen LogP contribution in [0.4, 0.5) is 11.5 Å². The third-order valence-corrected chi connectivity index (χ3v) is 7.19. The maximum atomic E-state index is 12.9. The van der Waals surface area contributed by atoms with E-state index in [2.05, 4.69) is 15.4 Å². The number of sulfonamides is 1. The molecule has 1 saturated heterocycles. The number of carbonyl (C=O) groups is 1. The Morgan fingerprint density at radius 2 is 1.97 bits per heavy atom. The van der Waals surface area contributed by atoms with E-state index >= 15 is 0 Å². The van der Waals surface area contributed by atoms with Gasteiger partial charge in [-0.2, -0.15) is 5.10 Å². The zero-order chi connectivity index (χ0) is 22.2. The van der Waals surface area contributed by atoms with E-state index in [0.29, 0.717) is 30.1 Å². The van der Waals surface area contributed by atoms with Crippen molar-refractivity contribution >= 4 is 50.6 Å². The van der Waals surface area contributed by atoms with Crippen LogP contribution in [0.2, 0.25) is 10.0 Å². The van der Waals surface area contributed by atoms with Gasteiger partial charge in [-0.1, -0.05) is 23.2 Å². The predicted octanol–water partition coefficient (Wildman–Crippen LogP) is 3.50. The fraction of sp³-hybridized carbons (Fsp3) is 0.250. The van der Waals surface area contributed by atoms with Crippen molar-refractivity contribution in [3.8, 4) is 0 Å². The Morgan fingerprint density at radius 3 is 2.65 bits per heavy atom. The van der Waals surface area contributed by atoms with Crippen LogP contribution in [0.15, 0.2) is 42.9 Å². The van der Waals surface area contributed by atoms with E-state index in [1.807, 2.05) is 25.4 Å². The number of nitrogens with zero attached hydrogens (tertiary/aromatic N) is 4. The summed E-state index contributed by atoms with van der Waals surface area (Å²) in [6, 6.07) is 6.66. The second-order valence-corrected chi connectivity index (χ2v) is 10.1. The highest BCUT2D eigenvalue weighted by atomic mass is 35.5. The summed E-state index contributed by atoms with van der Waals surface area (Å²) in [5, 5.41) is 7.53. The van der Waals surface area contributed by atoms with E-state index in [1.54, 1.807) is 16.9 Å². The first kappa shape index (κ1) is 21.6. The number of amides is 1. The zero-order valence-electron chi connectivity index (χ0n) is 16.5. The number of nitrogens with one attached hydrogen (secondary N) is 1. The lowest BCUT2D eigenvalue weighted by molar-refractivity contribution is 0.102. The number of benzene rings is 1. The maximum absolute atomic E-state index is 12.9. The van der Waals surface area contributed by atoms with E-state index in [9.17, 15) is 13.2 Å². The van der Waals surface area contributed by atoms with Crippen LogP contribution in [0.1, 0.15) is 27.9 Å². The molecule has 0 aliphatic carbocycles. The van der Waals surface area contributed by atoms with Gasteiger partial charge in [-0.25, -0.2) is 13.4 Å². The van der Waals surface area contributed by atoms with Gasteiger partial charge in [0.2, 0.25) is 10.0 Å². The average Bonchev–Trinajstić information content (AvgIpc) is 3.25. The summed E-state index contributed by atoms with van der Waals surface area (Å²) in [5.41, 5.74) is 2.54. The molecule has 0 atom stereocenters. The average molecular weight is 480 g/mol. The summed E-state index contributed by atoms with van der Waals surface area (Å²) in [6.45, 7) is 0.323. The molecule has 31 heavy (non-hydrogen) atoms. The lowest BCUT2D eigenvalue weighted by Crippen LogP contribution is -2.26. The summed E-state index contributed by atoms with van der Waals surface area (Å²) < 4.78 is 27.3. The second-order valence-electron chi connectivity index (χ2n) is 7.27. The number of hydrogen-bond donors (Lipinski definition) is 1. The fourth-order valence-corrected chi connectivity index (χ4v) is 5.41. The highest BCUT2D eigenvalue weighted by molar-refractivity contribution is 7.93. The van der Waals surface area contributed by atoms with Crippen LogP contribution >= 0.6 is 23.2 Å². The minimum Gasteiger partial charge on any atom is -0.322 e. The van der Waals surface area contributed by atoms with Gasteiger partial charge >= 0.3 is 0 Å². The van der Waals surface area contributed by atoms with Gasteiger partial charge in [-0.05, 0) is 41.8 Å². The number of aromatic nitrogens is 3. The van der Waals surface area contributed by atoms with Crippen molar-refractivity contribution in [1.29, 1.82) is 0 Å². The summed E-state index contributed by atoms with van der Waals surface area (Å²) >= 11 is 12.4. The van der Waals surface area contributed by atoms with Crippen molar-refractivity contribution < 1.29 is 13.2 Å². The molecular weight excluding hydrogens is 461 g/mol. The molecule has 1 aliphatic heterocycles. The number of halogens is 2. The second kappa shape index (κ2) is 8.49. The van der Waals surface area contributed by atoms with Gasteiger partial charge in [0.25, 0.3) is 5.91 Å². The van der Waals surface area contributed by atoms with E-state index < -0.39 is 15.9 Å². The number of carbonyl (C=O) groups excluding carboxylic acids is 1. The van der Waals surface area contributed by atoms with Gasteiger partial charge in [0.1, 0.15) is 5.82 Å². The molecule has 0 saturated carbocycles. The Morgan fingerprint density at radius 1 is 1.16 bits per heavy atom. The fourth-order valence-electron chi connectivity index (χ4n) is 3.46. The van der Waals surface area contributed by atoms with Crippen LogP contribution in [0.5, 0.6) is 0 Å². The van der Waals surface area contributed by atoms with E-state index in [1.165, 1.54) is 16.6 Å². The topological polar surface area (TPSA) is 97.2 Å². The van der Waals surface area contributed by atoms with Crippen molar-refractivity contribution in [3.05, 3.63) is 69.6 Å². The first-order valence-corrected chi connectivity index (χ1v) is 11.8. The Kier molecular flexibility index (Phi) is 5.92. The number of rotatable bonds is 5. The molecule has 1 amide bonds. The molecule has 3 aromatic rings. The molecule has 0 unspecified atom stereocenters. The van der Waals surface area contributed by atoms with E-state index in [-0.39, 0.29) is 22.2 Å². The SMILES string of the molecule is Cn1cc(Cc2cc(Cl)cc(NC(=O)c3cc(N4CCCS4(=O)=O)ncc3Cl)c2)cn1. The standard InChI is InChI=1S/C20H19Cl2N5O3S/c1-26-12-14(10-24-26)5-13-6-15(21)8-16(7-13)25-20(28)17-9-19(23-11-18(17)22)27-3-2-4-31(27,29)30/h6-12H,2-5H2,1H3,(H,25,28). The lowest BCUT2D eigenvalue weighted by atomic mass is 10.1. The van der Waals surface area contributed by atoms with Gasteiger partial charge < -0.3 is 5.32 Å². The smallest absolute Gasteiger partial charge is 0.257 e. The third kappa shape index (κ3) is 4.84. The molecule has 1 aromatic carbocycles. The molecule has 162 valence electrons. The normalized spacial score (nSPS) is 15.3. The molecule has 0 spiro atoms. The molecule has 1 fully saturated rings. The number of pyridine rings is 1. The van der Waals surface area contributed by atoms with Crippen LogP contribution in [0.3, 0.4) is 0 Å². The molecule has 11 heteroatoms. The van der Waals surface area contributed by atoms with E-state index in [4.69, 9.17) is 23.2 Å². The minimum atomic E-state index is -3.42. The Hall–Kier alpha value is -2.62. The largest absolute Gasteiger partial charge is 0.322 e. The Balaban J connectivity index is 1.57. The van der Waals surface area contributed by atoms with Crippen molar-refractivity contribution in [2.75, 3.05) is 21.9 Å². The molecule has 3 heterocycles. The van der Waals surface area contributed by atoms with Crippen LogP contribution < -0.4 is 9.62 Å². The Labute approximate surface area is 189 Å². The van der Waals surface area contributed by atoms with Crippen LogP contribution in [-0.2, 0) is 23.5 Å². The first-order valence-electron chi connectivity index (χ1n) is 9.45. The first-order chi connectivity index (χ1) is 14.7. The van der Waals surface area contributed by atoms with E-state index in [0.717, 1.165) is 11.1 Å². The van der Waals surface area contributed by atoms with Crippen LogP contribution in [-0.4, -0.2) is 41.4 Å². The number of anilines is 2. The molecule has 0 radical (unpaired) electrons. The molecular formula is C20H19Cl2N5O3S. The molecule has 4 rings (SSSR count). The Bertz CT molecular complexity index is 1260. The molecule has 1 N–H and O–H groups in total. The van der Waals surface area contributed by atoms with Crippen molar-refractivity contribution in [2.24, 2.45) is 7.05 Å². The summed E-state index contributed by atoms with van der Waals surface area (Å²) in [5.74, 6) is -0.253. The summed E-state index contributed by atoms with van der Waals surface area (Å²) in [7, 11) is -1.58. The van der Waals surface area contributed by atoms with Gasteiger partial charge in [0.05, 0.1) is 22.5 Å². The quantitative estimate of drug-likeness (QED) is 0.603. The third-order valence-electron chi connectivity index (χ3n) is 4.82. The van der Waals surface area contributed by atoms with Gasteiger partial charge in [-0.3, -0.25) is 13.8 Å². The zero-order valence-corrected chi connectivity index (χ0v) is 18.9. The minimum absolute atomic E-state index is 0.0566. The summed E-state index contributed by atoms with van der Waals surface area (Å²) in [4.78, 5) is 17.0. The van der Waals surface area contributed by atoms with Gasteiger partial charge in [-0.15, -0.1) is 0 Å². The van der Waals surface area contributed by atoms with Gasteiger partial charge in [0, 0.05) is 43.1 Å². The maximum Gasteiger partial charge on any atom is 0.257 e. The summed E-state index contributed by atoms with van der Waals surface area (Å²) in [6.07, 6.45) is 6.07. The van der Waals surface area contributed by atoms with Crippen molar-refractivity contribution in [3.63, 3.8) is 0 Å².